The van der Waals surface area contributed by atoms with E-state index in [-0.39, 0.29) is 0 Å². The molecular weight excluding hydrogens is 258 g/mol. The summed E-state index contributed by atoms with van der Waals surface area (Å²) in [6.45, 7) is 11.7. The van der Waals surface area contributed by atoms with Crippen LogP contribution in [-0.4, -0.2) is 61.7 Å². The van der Waals surface area contributed by atoms with Crippen molar-refractivity contribution in [2.24, 2.45) is 5.41 Å². The number of nitrogens with zero attached hydrogens (tertiary/aromatic N) is 2. The van der Waals surface area contributed by atoms with Gasteiger partial charge in [-0.05, 0) is 89.6 Å². The van der Waals surface area contributed by atoms with Crippen LogP contribution in [-0.2, 0) is 0 Å². The first kappa shape index (κ1) is 15.8. The second kappa shape index (κ2) is 7.43. The first-order valence-electron chi connectivity index (χ1n) is 9.48. The monoisotopic (exact) mass is 293 g/mol. The molecular formula is C18H35N3. The number of nitrogens with one attached hydrogen (secondary N) is 1. The second-order valence-electron chi connectivity index (χ2n) is 7.71. The topological polar surface area (TPSA) is 18.5 Å². The van der Waals surface area contributed by atoms with Gasteiger partial charge in [-0.25, -0.2) is 0 Å². The molecule has 3 aliphatic rings. The van der Waals surface area contributed by atoms with Crippen LogP contribution in [0.2, 0.25) is 0 Å². The summed E-state index contributed by atoms with van der Waals surface area (Å²) in [5, 5.41) is 3.54. The summed E-state index contributed by atoms with van der Waals surface area (Å²) in [5.74, 6) is 0. The van der Waals surface area contributed by atoms with Gasteiger partial charge in [-0.2, -0.15) is 0 Å². The van der Waals surface area contributed by atoms with Gasteiger partial charge in [0.15, 0.2) is 0 Å². The van der Waals surface area contributed by atoms with E-state index in [4.69, 9.17) is 0 Å². The maximum atomic E-state index is 3.54. The molecule has 0 aromatic rings. The van der Waals surface area contributed by atoms with E-state index in [1.165, 1.54) is 97.2 Å². The van der Waals surface area contributed by atoms with Gasteiger partial charge in [0.2, 0.25) is 0 Å². The van der Waals surface area contributed by atoms with E-state index in [0.29, 0.717) is 5.41 Å². The number of piperidine rings is 3. The fourth-order valence-electron chi connectivity index (χ4n) is 4.78. The highest BCUT2D eigenvalue weighted by molar-refractivity contribution is 4.89. The quantitative estimate of drug-likeness (QED) is 0.860. The van der Waals surface area contributed by atoms with E-state index in [0.717, 1.165) is 6.04 Å². The zero-order chi connectivity index (χ0) is 14.5. The molecule has 21 heavy (non-hydrogen) atoms. The Hall–Kier alpha value is -0.120. The van der Waals surface area contributed by atoms with E-state index < -0.39 is 0 Å². The van der Waals surface area contributed by atoms with Gasteiger partial charge in [-0.3, -0.25) is 0 Å². The zero-order valence-electron chi connectivity index (χ0n) is 14.1. The summed E-state index contributed by atoms with van der Waals surface area (Å²) in [5.41, 5.74) is 0.614. The van der Waals surface area contributed by atoms with Crippen molar-refractivity contribution in [1.29, 1.82) is 0 Å². The van der Waals surface area contributed by atoms with Crippen molar-refractivity contribution in [1.82, 2.24) is 15.1 Å². The zero-order valence-corrected chi connectivity index (χ0v) is 14.1. The van der Waals surface area contributed by atoms with E-state index >= 15 is 0 Å². The predicted molar refractivity (Wildman–Crippen MR) is 89.7 cm³/mol. The van der Waals surface area contributed by atoms with Crippen molar-refractivity contribution in [3.05, 3.63) is 0 Å². The van der Waals surface area contributed by atoms with Crippen LogP contribution in [0, 0.1) is 5.41 Å². The molecule has 0 aromatic carbocycles. The molecule has 122 valence electrons. The Morgan fingerprint density at radius 3 is 2.24 bits per heavy atom. The molecule has 3 nitrogen and oxygen atoms in total. The van der Waals surface area contributed by atoms with E-state index in [1.54, 1.807) is 0 Å². The normalized spacial score (nSPS) is 29.6. The fourth-order valence-corrected chi connectivity index (χ4v) is 4.78. The lowest BCUT2D eigenvalue weighted by atomic mass is 9.76. The third kappa shape index (κ3) is 4.00. The molecule has 0 aliphatic carbocycles. The van der Waals surface area contributed by atoms with Crippen molar-refractivity contribution in [3.8, 4) is 0 Å². The summed E-state index contributed by atoms with van der Waals surface area (Å²) in [7, 11) is 0. The van der Waals surface area contributed by atoms with Gasteiger partial charge in [0.05, 0.1) is 0 Å². The van der Waals surface area contributed by atoms with Crippen molar-refractivity contribution in [3.63, 3.8) is 0 Å². The fraction of sp³-hybridized carbons (Fsp3) is 1.00. The van der Waals surface area contributed by atoms with E-state index in [1.807, 2.05) is 0 Å². The molecule has 3 heterocycles. The Bertz CT molecular complexity index is 298. The molecule has 3 fully saturated rings. The third-order valence-corrected chi connectivity index (χ3v) is 6.44. The SMILES string of the molecule is CCC1(CN2CCC(N3CCCCC3)CC2)CCNCC1. The van der Waals surface area contributed by atoms with Crippen LogP contribution in [0.4, 0.5) is 0 Å². The summed E-state index contributed by atoms with van der Waals surface area (Å²) in [6, 6.07) is 0.896. The van der Waals surface area contributed by atoms with Crippen molar-refractivity contribution in [2.75, 3.05) is 45.8 Å². The van der Waals surface area contributed by atoms with E-state index in [2.05, 4.69) is 22.0 Å². The smallest absolute Gasteiger partial charge is 0.0120 e. The first-order chi connectivity index (χ1) is 10.3. The molecule has 0 amide bonds. The molecule has 0 aromatic heterocycles. The summed E-state index contributed by atoms with van der Waals surface area (Å²) in [6.07, 6.45) is 11.3. The lowest BCUT2D eigenvalue weighted by molar-refractivity contribution is 0.0531. The number of hydrogen-bond acceptors (Lipinski definition) is 3. The maximum Gasteiger partial charge on any atom is 0.0120 e. The lowest BCUT2D eigenvalue weighted by Crippen LogP contribution is -2.50. The Labute approximate surface area is 131 Å². The van der Waals surface area contributed by atoms with Gasteiger partial charge in [-0.15, -0.1) is 0 Å². The molecule has 3 rings (SSSR count). The maximum absolute atomic E-state index is 3.54. The molecule has 3 aliphatic heterocycles. The minimum Gasteiger partial charge on any atom is -0.317 e. The minimum atomic E-state index is 0.614. The van der Waals surface area contributed by atoms with Gasteiger partial charge in [0.25, 0.3) is 0 Å². The summed E-state index contributed by atoms with van der Waals surface area (Å²) >= 11 is 0. The highest BCUT2D eigenvalue weighted by Gasteiger charge is 2.34. The van der Waals surface area contributed by atoms with Crippen LogP contribution >= 0.6 is 0 Å². The summed E-state index contributed by atoms with van der Waals surface area (Å²) in [4.78, 5) is 5.58. The molecule has 0 saturated carbocycles. The molecule has 1 N–H and O–H groups in total. The molecule has 0 bridgehead atoms. The van der Waals surface area contributed by atoms with Crippen LogP contribution in [0.3, 0.4) is 0 Å². The highest BCUT2D eigenvalue weighted by Crippen LogP contribution is 2.34. The molecule has 0 spiro atoms. The largest absolute Gasteiger partial charge is 0.317 e. The molecule has 0 radical (unpaired) electrons. The Balaban J connectivity index is 1.46. The van der Waals surface area contributed by atoms with Crippen LogP contribution in [0.15, 0.2) is 0 Å². The summed E-state index contributed by atoms with van der Waals surface area (Å²) < 4.78 is 0. The van der Waals surface area contributed by atoms with Crippen LogP contribution in [0.1, 0.15) is 58.3 Å². The predicted octanol–water partition coefficient (Wildman–Crippen LogP) is 2.72. The van der Waals surface area contributed by atoms with Gasteiger partial charge >= 0.3 is 0 Å². The third-order valence-electron chi connectivity index (χ3n) is 6.44. The second-order valence-corrected chi connectivity index (χ2v) is 7.71. The molecule has 0 unspecified atom stereocenters. The van der Waals surface area contributed by atoms with Gasteiger partial charge < -0.3 is 15.1 Å². The average Bonchev–Trinajstić information content (AvgIpc) is 2.57. The number of likely N-dealkylation sites (tertiary alicyclic amines) is 2. The molecule has 3 saturated heterocycles. The van der Waals surface area contributed by atoms with Crippen molar-refractivity contribution in [2.45, 2.75) is 64.3 Å². The van der Waals surface area contributed by atoms with Crippen LogP contribution < -0.4 is 5.32 Å². The Morgan fingerprint density at radius 2 is 1.62 bits per heavy atom. The van der Waals surface area contributed by atoms with Crippen LogP contribution in [0.25, 0.3) is 0 Å². The van der Waals surface area contributed by atoms with Gasteiger partial charge in [0.1, 0.15) is 0 Å². The Kier molecular flexibility index (Phi) is 5.58. The van der Waals surface area contributed by atoms with Gasteiger partial charge in [0, 0.05) is 12.6 Å². The lowest BCUT2D eigenvalue weighted by Gasteiger charge is -2.45. The van der Waals surface area contributed by atoms with Gasteiger partial charge in [-0.1, -0.05) is 13.3 Å². The minimum absolute atomic E-state index is 0.614. The van der Waals surface area contributed by atoms with Crippen LogP contribution in [0.5, 0.6) is 0 Å². The number of hydrogen-bond donors (Lipinski definition) is 1. The average molecular weight is 293 g/mol. The Morgan fingerprint density at radius 1 is 0.952 bits per heavy atom. The van der Waals surface area contributed by atoms with Crippen molar-refractivity contribution >= 4 is 0 Å². The highest BCUT2D eigenvalue weighted by atomic mass is 15.2. The standard InChI is InChI=1S/C18H35N3/c1-2-18(8-10-19-11-9-18)16-20-14-6-17(7-15-20)21-12-4-3-5-13-21/h17,19H,2-16H2,1H3. The molecule has 0 atom stereocenters. The van der Waals surface area contributed by atoms with E-state index in [9.17, 15) is 0 Å². The van der Waals surface area contributed by atoms with Crippen molar-refractivity contribution < 1.29 is 0 Å². The number of rotatable bonds is 4. The first-order valence-corrected chi connectivity index (χ1v) is 9.48. The molecule has 3 heteroatoms.